The second-order valence-electron chi connectivity index (χ2n) is 5.13. The van der Waals surface area contributed by atoms with Gasteiger partial charge in [0.15, 0.2) is 5.82 Å². The van der Waals surface area contributed by atoms with Gasteiger partial charge in [-0.15, -0.1) is 0 Å². The van der Waals surface area contributed by atoms with E-state index in [9.17, 15) is 0 Å². The minimum atomic E-state index is 0.0611. The molecule has 3 rings (SSSR count). The number of anilines is 1. The van der Waals surface area contributed by atoms with Crippen molar-refractivity contribution in [2.75, 3.05) is 12.4 Å². The van der Waals surface area contributed by atoms with Crippen molar-refractivity contribution >= 4 is 32.8 Å². The molecule has 0 aliphatic carbocycles. The van der Waals surface area contributed by atoms with Crippen LogP contribution in [0.4, 0.5) is 5.82 Å². The molecule has 0 bridgehead atoms. The van der Waals surface area contributed by atoms with Gasteiger partial charge in [0.1, 0.15) is 16.9 Å². The van der Waals surface area contributed by atoms with Gasteiger partial charge < -0.3 is 10.1 Å². The van der Waals surface area contributed by atoms with Crippen LogP contribution in [0.15, 0.2) is 34.9 Å². The number of nitrogens with zero attached hydrogens (tertiary/aromatic N) is 4. The van der Waals surface area contributed by atoms with Crippen molar-refractivity contribution in [1.82, 2.24) is 19.9 Å². The molecule has 0 spiro atoms. The molecule has 1 aromatic carbocycles. The Morgan fingerprint density at radius 3 is 2.78 bits per heavy atom. The molecule has 0 aliphatic rings. The third-order valence-electron chi connectivity index (χ3n) is 3.41. The number of hydrogen-bond donors (Lipinski definition) is 1. The Morgan fingerprint density at radius 2 is 2.04 bits per heavy atom. The van der Waals surface area contributed by atoms with Crippen molar-refractivity contribution in [2.45, 2.75) is 19.9 Å². The van der Waals surface area contributed by atoms with E-state index < -0.39 is 0 Å². The third-order valence-corrected chi connectivity index (χ3v) is 3.91. The molecule has 3 aromatic rings. The van der Waals surface area contributed by atoms with Crippen LogP contribution in [0.3, 0.4) is 0 Å². The van der Waals surface area contributed by atoms with Gasteiger partial charge in [-0.1, -0.05) is 28.1 Å². The maximum atomic E-state index is 5.10. The average Bonchev–Trinajstić information content (AvgIpc) is 2.54. The molecule has 2 aromatic heterocycles. The number of halogens is 1. The number of aryl methyl sites for hydroxylation is 1. The summed E-state index contributed by atoms with van der Waals surface area (Å²) < 4.78 is 6.14. The summed E-state index contributed by atoms with van der Waals surface area (Å²) in [6.07, 6.45) is 1.64. The van der Waals surface area contributed by atoms with Crippen LogP contribution in [0.1, 0.15) is 24.4 Å². The third kappa shape index (κ3) is 3.39. The van der Waals surface area contributed by atoms with Gasteiger partial charge in [0, 0.05) is 4.47 Å². The molecule has 7 heteroatoms. The summed E-state index contributed by atoms with van der Waals surface area (Å²) in [6.45, 7) is 3.92. The fraction of sp³-hybridized carbons (Fsp3) is 0.250. The van der Waals surface area contributed by atoms with Crippen LogP contribution in [0, 0.1) is 6.92 Å². The van der Waals surface area contributed by atoms with Crippen LogP contribution in [0.2, 0.25) is 0 Å². The van der Waals surface area contributed by atoms with E-state index in [-0.39, 0.29) is 6.04 Å². The second kappa shape index (κ2) is 6.45. The Balaban J connectivity index is 2.01. The predicted octanol–water partition coefficient (Wildman–Crippen LogP) is 3.67. The lowest BCUT2D eigenvalue weighted by Crippen LogP contribution is -2.10. The summed E-state index contributed by atoms with van der Waals surface area (Å²) in [4.78, 5) is 17.3. The van der Waals surface area contributed by atoms with E-state index in [1.807, 2.05) is 19.1 Å². The summed E-state index contributed by atoms with van der Waals surface area (Å²) >= 11 is 3.50. The molecule has 1 N–H and O–H groups in total. The second-order valence-corrected chi connectivity index (χ2v) is 6.05. The highest BCUT2D eigenvalue weighted by atomic mass is 79.9. The van der Waals surface area contributed by atoms with Crippen LogP contribution < -0.4 is 10.1 Å². The van der Waals surface area contributed by atoms with Gasteiger partial charge in [-0.25, -0.2) is 15.0 Å². The topological polar surface area (TPSA) is 72.8 Å². The van der Waals surface area contributed by atoms with E-state index in [4.69, 9.17) is 4.74 Å². The molecular weight excluding hydrogens is 358 g/mol. The number of nitrogens with one attached hydrogen (secondary N) is 1. The van der Waals surface area contributed by atoms with E-state index in [1.54, 1.807) is 6.20 Å². The number of rotatable bonds is 4. The summed E-state index contributed by atoms with van der Waals surface area (Å²) in [7, 11) is 1.54. The zero-order valence-electron chi connectivity index (χ0n) is 13.0. The standard InChI is InChI=1S/C16H16BrN5O/c1-9(11-5-4-6-12(17)7-11)19-15-14-13(20-10(2)21-15)8-18-16(22-14)23-3/h4-9H,1-3H3,(H,19,20,21)/t9-/m1/s1. The van der Waals surface area contributed by atoms with Gasteiger partial charge in [0.25, 0.3) is 0 Å². The quantitative estimate of drug-likeness (QED) is 0.751. The maximum Gasteiger partial charge on any atom is 0.316 e. The first-order valence-corrected chi connectivity index (χ1v) is 7.93. The van der Waals surface area contributed by atoms with Gasteiger partial charge in [-0.05, 0) is 31.5 Å². The smallest absolute Gasteiger partial charge is 0.316 e. The Labute approximate surface area is 142 Å². The summed E-state index contributed by atoms with van der Waals surface area (Å²) in [5, 5.41) is 3.40. The number of ether oxygens (including phenoxy) is 1. The van der Waals surface area contributed by atoms with E-state index in [0.717, 1.165) is 10.0 Å². The lowest BCUT2D eigenvalue weighted by molar-refractivity contribution is 0.381. The Kier molecular flexibility index (Phi) is 4.38. The van der Waals surface area contributed by atoms with Crippen molar-refractivity contribution in [2.24, 2.45) is 0 Å². The van der Waals surface area contributed by atoms with Crippen molar-refractivity contribution in [1.29, 1.82) is 0 Å². The molecule has 6 nitrogen and oxygen atoms in total. The molecule has 23 heavy (non-hydrogen) atoms. The van der Waals surface area contributed by atoms with E-state index >= 15 is 0 Å². The van der Waals surface area contributed by atoms with Crippen LogP contribution in [0.5, 0.6) is 6.01 Å². The normalized spacial score (nSPS) is 12.2. The van der Waals surface area contributed by atoms with E-state index in [1.165, 1.54) is 7.11 Å². The Hall–Kier alpha value is -2.28. The van der Waals surface area contributed by atoms with Gasteiger partial charge >= 0.3 is 6.01 Å². The molecule has 118 valence electrons. The molecule has 0 fully saturated rings. The lowest BCUT2D eigenvalue weighted by Gasteiger charge is -2.16. The molecule has 0 saturated carbocycles. The summed E-state index contributed by atoms with van der Waals surface area (Å²) in [5.41, 5.74) is 2.47. The minimum Gasteiger partial charge on any atom is -0.467 e. The maximum absolute atomic E-state index is 5.10. The van der Waals surface area contributed by atoms with Crippen molar-refractivity contribution in [3.8, 4) is 6.01 Å². The zero-order valence-corrected chi connectivity index (χ0v) is 14.6. The van der Waals surface area contributed by atoms with Crippen molar-refractivity contribution < 1.29 is 4.74 Å². The first-order chi connectivity index (χ1) is 11.1. The molecule has 0 aliphatic heterocycles. The van der Waals surface area contributed by atoms with Crippen molar-refractivity contribution in [3.05, 3.63) is 46.3 Å². The highest BCUT2D eigenvalue weighted by molar-refractivity contribution is 9.10. The van der Waals surface area contributed by atoms with Gasteiger partial charge in [0.2, 0.25) is 0 Å². The van der Waals surface area contributed by atoms with E-state index in [2.05, 4.69) is 60.2 Å². The zero-order chi connectivity index (χ0) is 16.4. The Morgan fingerprint density at radius 1 is 1.22 bits per heavy atom. The van der Waals surface area contributed by atoms with Crippen molar-refractivity contribution in [3.63, 3.8) is 0 Å². The fourth-order valence-corrected chi connectivity index (χ4v) is 2.71. The highest BCUT2D eigenvalue weighted by Crippen LogP contribution is 2.25. The average molecular weight is 374 g/mol. The SMILES string of the molecule is COc1ncc2nc(C)nc(N[C@H](C)c3cccc(Br)c3)c2n1. The monoisotopic (exact) mass is 373 g/mol. The van der Waals surface area contributed by atoms with Gasteiger partial charge in [-0.3, -0.25) is 0 Å². The Bertz CT molecular complexity index is 855. The largest absolute Gasteiger partial charge is 0.467 e. The molecule has 2 heterocycles. The predicted molar refractivity (Wildman–Crippen MR) is 92.6 cm³/mol. The number of methoxy groups -OCH3 is 1. The molecule has 0 unspecified atom stereocenters. The number of benzene rings is 1. The summed E-state index contributed by atoms with van der Waals surface area (Å²) in [5.74, 6) is 1.33. The first kappa shape index (κ1) is 15.6. The molecule has 0 saturated heterocycles. The highest BCUT2D eigenvalue weighted by Gasteiger charge is 2.13. The number of fused-ring (bicyclic) bond motifs is 1. The molecule has 0 amide bonds. The molecular formula is C16H16BrN5O. The van der Waals surface area contributed by atoms with Gasteiger partial charge in [-0.2, -0.15) is 4.98 Å². The number of aromatic nitrogens is 4. The lowest BCUT2D eigenvalue weighted by atomic mass is 10.1. The van der Waals surface area contributed by atoms with Crippen LogP contribution in [0.25, 0.3) is 11.0 Å². The summed E-state index contributed by atoms with van der Waals surface area (Å²) in [6, 6.07) is 8.50. The van der Waals surface area contributed by atoms with E-state index in [0.29, 0.717) is 28.7 Å². The van der Waals surface area contributed by atoms with Crippen LogP contribution in [-0.4, -0.2) is 27.0 Å². The minimum absolute atomic E-state index is 0.0611. The first-order valence-electron chi connectivity index (χ1n) is 7.14. The fourth-order valence-electron chi connectivity index (χ4n) is 2.29. The molecule has 0 radical (unpaired) electrons. The number of hydrogen-bond acceptors (Lipinski definition) is 6. The van der Waals surface area contributed by atoms with Gasteiger partial charge in [0.05, 0.1) is 19.3 Å². The molecule has 1 atom stereocenters. The van der Waals surface area contributed by atoms with Crippen LogP contribution in [-0.2, 0) is 0 Å². The van der Waals surface area contributed by atoms with Crippen LogP contribution >= 0.6 is 15.9 Å².